The summed E-state index contributed by atoms with van der Waals surface area (Å²) in [6, 6.07) is 13.4. The average molecular weight is 548 g/mol. The van der Waals surface area contributed by atoms with Crippen molar-refractivity contribution >= 4 is 34.8 Å². The standard InChI is InChI=1S/C26H28Cl2N4O4.CH4/c1-19(33)31-10-12-32(13-11-31)21-3-5-22(6-4-21)34-15-23-16-35-26(36-23,17-30-9-8-29-18-30)24-7-2-20(27)14-25(24)28;/h2-9,14,18,23H,10-13,15-17H2,1H3;1H4/p+1/t23-,26-;/m0./s1. The molecule has 0 aliphatic carbocycles. The lowest BCUT2D eigenvalue weighted by molar-refractivity contribution is -0.837. The highest BCUT2D eigenvalue weighted by Gasteiger charge is 2.45. The van der Waals surface area contributed by atoms with E-state index >= 15 is 0 Å². The summed E-state index contributed by atoms with van der Waals surface area (Å²) in [5.41, 5.74) is 1.91. The minimum Gasteiger partial charge on any atom is -0.491 e. The molecule has 0 unspecified atom stereocenters. The molecule has 2 aliphatic heterocycles. The van der Waals surface area contributed by atoms with Gasteiger partial charge in [-0.05, 0) is 24.3 Å². The van der Waals surface area contributed by atoms with Crippen molar-refractivity contribution in [2.24, 2.45) is 0 Å². The van der Waals surface area contributed by atoms with Crippen molar-refractivity contribution in [3.8, 4) is 5.75 Å². The zero-order valence-electron chi connectivity index (χ0n) is 20.0. The van der Waals surface area contributed by atoms with E-state index in [2.05, 4.69) is 17.1 Å². The van der Waals surface area contributed by atoms with E-state index in [9.17, 15) is 4.79 Å². The third-order valence-electron chi connectivity index (χ3n) is 6.66. The first-order chi connectivity index (χ1) is 17.4. The van der Waals surface area contributed by atoms with E-state index in [0.29, 0.717) is 35.4 Å². The summed E-state index contributed by atoms with van der Waals surface area (Å²) in [6.07, 6.45) is 4.99. The molecule has 1 aromatic heterocycles. The Labute approximate surface area is 227 Å². The third kappa shape index (κ3) is 6.27. The van der Waals surface area contributed by atoms with Gasteiger partial charge in [-0.15, -0.1) is 0 Å². The van der Waals surface area contributed by atoms with Crippen LogP contribution in [0.25, 0.3) is 0 Å². The molecule has 1 N–H and O–H groups in total. The maximum absolute atomic E-state index is 11.6. The van der Waals surface area contributed by atoms with Crippen molar-refractivity contribution in [1.82, 2.24) is 14.5 Å². The first-order valence-electron chi connectivity index (χ1n) is 12.0. The molecule has 2 saturated heterocycles. The number of aromatic nitrogens is 2. The summed E-state index contributed by atoms with van der Waals surface area (Å²) < 4.78 is 20.6. The SMILES string of the molecule is C.CC(=O)N1CC[NH+](c2ccc(OC[C@H]3CO[C@](Cn4ccnc4)(c4ccc(Cl)cc4Cl)O3)cc2)CC1. The van der Waals surface area contributed by atoms with Gasteiger partial charge in [-0.2, -0.15) is 0 Å². The van der Waals surface area contributed by atoms with Gasteiger partial charge in [-0.1, -0.05) is 36.7 Å². The third-order valence-corrected chi connectivity index (χ3v) is 7.21. The molecule has 0 spiro atoms. The van der Waals surface area contributed by atoms with Crippen LogP contribution in [0, 0.1) is 0 Å². The quantitative estimate of drug-likeness (QED) is 0.489. The Morgan fingerprint density at radius 3 is 2.59 bits per heavy atom. The number of hydrogen-bond donors (Lipinski definition) is 1. The molecule has 2 aliphatic rings. The van der Waals surface area contributed by atoms with Crippen LogP contribution in [0.1, 0.15) is 19.9 Å². The van der Waals surface area contributed by atoms with Gasteiger partial charge in [0.05, 0.1) is 50.7 Å². The van der Waals surface area contributed by atoms with Gasteiger partial charge >= 0.3 is 0 Å². The number of halogens is 2. The molecule has 37 heavy (non-hydrogen) atoms. The van der Waals surface area contributed by atoms with E-state index in [1.165, 1.54) is 10.6 Å². The Bertz CT molecular complexity index is 1180. The zero-order chi connectivity index (χ0) is 25.1. The molecular formula is C27H33Cl2N4O4+. The number of carbonyl (C=O) groups is 1. The Morgan fingerprint density at radius 1 is 1.19 bits per heavy atom. The molecule has 2 atom stereocenters. The van der Waals surface area contributed by atoms with Gasteiger partial charge in [-0.3, -0.25) is 9.69 Å². The van der Waals surface area contributed by atoms with Crippen LogP contribution < -0.4 is 9.64 Å². The predicted octanol–water partition coefficient (Wildman–Crippen LogP) is 3.55. The molecule has 1 amide bonds. The van der Waals surface area contributed by atoms with Crippen LogP contribution in [0.5, 0.6) is 5.75 Å². The maximum atomic E-state index is 11.6. The van der Waals surface area contributed by atoms with Crippen LogP contribution in [-0.4, -0.2) is 65.9 Å². The summed E-state index contributed by atoms with van der Waals surface area (Å²) in [4.78, 5) is 19.0. The molecule has 5 rings (SSSR count). The Hall–Kier alpha value is -2.62. The number of nitrogens with one attached hydrogen (secondary N) is 1. The summed E-state index contributed by atoms with van der Waals surface area (Å²) in [6.45, 7) is 6.07. The van der Waals surface area contributed by atoms with Gasteiger partial charge in [0.25, 0.3) is 0 Å². The molecule has 0 radical (unpaired) electrons. The molecule has 198 valence electrons. The van der Waals surface area contributed by atoms with Crippen LogP contribution in [0.3, 0.4) is 0 Å². The van der Waals surface area contributed by atoms with Crippen molar-refractivity contribution in [2.45, 2.75) is 32.8 Å². The maximum Gasteiger partial charge on any atom is 0.219 e. The number of benzene rings is 2. The molecular weight excluding hydrogens is 515 g/mol. The minimum absolute atomic E-state index is 0. The number of amides is 1. The van der Waals surface area contributed by atoms with E-state index in [1.54, 1.807) is 31.6 Å². The van der Waals surface area contributed by atoms with E-state index < -0.39 is 5.79 Å². The van der Waals surface area contributed by atoms with Gasteiger partial charge in [-0.25, -0.2) is 4.98 Å². The average Bonchev–Trinajstić information content (AvgIpc) is 3.54. The first kappa shape index (κ1) is 27.4. The van der Waals surface area contributed by atoms with E-state index in [4.69, 9.17) is 37.4 Å². The zero-order valence-corrected chi connectivity index (χ0v) is 21.5. The highest BCUT2D eigenvalue weighted by atomic mass is 35.5. The summed E-state index contributed by atoms with van der Waals surface area (Å²) in [7, 11) is 0. The largest absolute Gasteiger partial charge is 0.491 e. The van der Waals surface area contributed by atoms with E-state index in [-0.39, 0.29) is 19.4 Å². The Balaban J connectivity index is 0.00000320. The molecule has 0 bridgehead atoms. The highest BCUT2D eigenvalue weighted by Crippen LogP contribution is 2.40. The van der Waals surface area contributed by atoms with Gasteiger partial charge in [0.2, 0.25) is 11.7 Å². The van der Waals surface area contributed by atoms with Gasteiger partial charge in [0.15, 0.2) is 0 Å². The molecule has 3 heterocycles. The normalized spacial score (nSPS) is 22.0. The van der Waals surface area contributed by atoms with Crippen LogP contribution >= 0.6 is 23.2 Å². The number of quaternary nitrogens is 1. The van der Waals surface area contributed by atoms with Crippen molar-refractivity contribution < 1.29 is 23.9 Å². The molecule has 3 aromatic rings. The first-order valence-corrected chi connectivity index (χ1v) is 12.7. The molecule has 2 aromatic carbocycles. The number of ether oxygens (including phenoxy) is 3. The van der Waals surface area contributed by atoms with Crippen molar-refractivity contribution in [2.75, 3.05) is 39.4 Å². The molecule has 10 heteroatoms. The summed E-state index contributed by atoms with van der Waals surface area (Å²) in [5.74, 6) is -0.171. The lowest BCUT2D eigenvalue weighted by atomic mass is 10.1. The topological polar surface area (TPSA) is 70.3 Å². The fourth-order valence-electron chi connectivity index (χ4n) is 4.73. The highest BCUT2D eigenvalue weighted by molar-refractivity contribution is 6.35. The number of hydrogen-bond acceptors (Lipinski definition) is 5. The number of imidazole rings is 1. The fourth-order valence-corrected chi connectivity index (χ4v) is 5.28. The van der Waals surface area contributed by atoms with Crippen molar-refractivity contribution in [3.05, 3.63) is 76.8 Å². The van der Waals surface area contributed by atoms with E-state index in [0.717, 1.165) is 31.9 Å². The number of carbonyl (C=O) groups excluding carboxylic acids is 1. The summed E-state index contributed by atoms with van der Waals surface area (Å²) in [5, 5.41) is 1.02. The van der Waals surface area contributed by atoms with Crippen LogP contribution in [0.4, 0.5) is 5.69 Å². The second kappa shape index (κ2) is 11.8. The lowest BCUT2D eigenvalue weighted by Crippen LogP contribution is -3.10. The summed E-state index contributed by atoms with van der Waals surface area (Å²) >= 11 is 12.7. The predicted molar refractivity (Wildman–Crippen MR) is 142 cm³/mol. The van der Waals surface area contributed by atoms with Gasteiger partial charge in [0, 0.05) is 42.0 Å². The van der Waals surface area contributed by atoms with Crippen molar-refractivity contribution in [3.63, 3.8) is 0 Å². The minimum atomic E-state index is -1.08. The number of piperazine rings is 1. The number of nitrogens with zero attached hydrogens (tertiary/aromatic N) is 3. The van der Waals surface area contributed by atoms with Crippen LogP contribution in [-0.2, 0) is 26.6 Å². The second-order valence-electron chi connectivity index (χ2n) is 9.11. The van der Waals surface area contributed by atoms with Gasteiger partial charge < -0.3 is 23.7 Å². The van der Waals surface area contributed by atoms with Crippen LogP contribution in [0.2, 0.25) is 10.0 Å². The Kier molecular flexibility index (Phi) is 8.77. The molecule has 0 saturated carbocycles. The van der Waals surface area contributed by atoms with E-state index in [1.807, 2.05) is 33.9 Å². The second-order valence-corrected chi connectivity index (χ2v) is 9.95. The smallest absolute Gasteiger partial charge is 0.219 e. The van der Waals surface area contributed by atoms with Crippen LogP contribution in [0.15, 0.2) is 61.2 Å². The molecule has 2 fully saturated rings. The number of rotatable bonds is 7. The molecule has 8 nitrogen and oxygen atoms in total. The monoisotopic (exact) mass is 547 g/mol. The fraction of sp³-hybridized carbons (Fsp3) is 0.407. The lowest BCUT2D eigenvalue weighted by Gasteiger charge is -2.31. The van der Waals surface area contributed by atoms with Gasteiger partial charge in [0.1, 0.15) is 24.1 Å². The Morgan fingerprint density at radius 2 is 1.95 bits per heavy atom. The van der Waals surface area contributed by atoms with Crippen molar-refractivity contribution in [1.29, 1.82) is 0 Å².